The van der Waals surface area contributed by atoms with Crippen LogP contribution in [-0.4, -0.2) is 9.55 Å². The van der Waals surface area contributed by atoms with Crippen LogP contribution in [0.1, 0.15) is 38.8 Å². The third-order valence-corrected chi connectivity index (χ3v) is 2.07. The largest absolute Gasteiger partial charge is 0.337 e. The van der Waals surface area contributed by atoms with E-state index in [9.17, 15) is 0 Å². The Morgan fingerprint density at radius 2 is 2.17 bits per heavy atom. The van der Waals surface area contributed by atoms with Gasteiger partial charge in [-0.1, -0.05) is 26.7 Å². The first-order valence-electron chi connectivity index (χ1n) is 4.87. The first-order chi connectivity index (χ1) is 5.86. The minimum Gasteiger partial charge on any atom is -0.337 e. The third-order valence-electron chi connectivity index (χ3n) is 2.07. The molecular weight excluding hydrogens is 148 g/mol. The standard InChI is InChI=1S/C10H18N2/c1-3-5-6-7-12-8-10(4-2)11-9-12/h8-9H,3-7H2,1-2H3. The number of nitrogens with zero attached hydrogens (tertiary/aromatic N) is 2. The summed E-state index contributed by atoms with van der Waals surface area (Å²) in [6.45, 7) is 5.49. The molecule has 0 bridgehead atoms. The van der Waals surface area contributed by atoms with Crippen LogP contribution >= 0.6 is 0 Å². The number of hydrogen-bond donors (Lipinski definition) is 0. The maximum absolute atomic E-state index is 4.28. The van der Waals surface area contributed by atoms with Crippen molar-refractivity contribution in [2.45, 2.75) is 46.1 Å². The Kier molecular flexibility index (Phi) is 3.85. The number of unbranched alkanes of at least 4 members (excludes halogenated alkanes) is 2. The fourth-order valence-corrected chi connectivity index (χ4v) is 1.26. The quantitative estimate of drug-likeness (QED) is 0.615. The normalized spacial score (nSPS) is 10.5. The summed E-state index contributed by atoms with van der Waals surface area (Å²) in [5, 5.41) is 0. The molecule has 1 aromatic rings. The van der Waals surface area contributed by atoms with Crippen molar-refractivity contribution in [3.05, 3.63) is 18.2 Å². The number of hydrogen-bond acceptors (Lipinski definition) is 1. The summed E-state index contributed by atoms with van der Waals surface area (Å²) in [7, 11) is 0. The van der Waals surface area contributed by atoms with Crippen LogP contribution in [0.25, 0.3) is 0 Å². The summed E-state index contributed by atoms with van der Waals surface area (Å²) >= 11 is 0. The summed E-state index contributed by atoms with van der Waals surface area (Å²) in [6, 6.07) is 0. The zero-order valence-electron chi connectivity index (χ0n) is 8.08. The molecule has 2 heteroatoms. The first kappa shape index (κ1) is 9.30. The SMILES string of the molecule is CCCCCn1cnc(CC)c1. The Morgan fingerprint density at radius 1 is 1.33 bits per heavy atom. The van der Waals surface area contributed by atoms with Gasteiger partial charge in [0.2, 0.25) is 0 Å². The van der Waals surface area contributed by atoms with Gasteiger partial charge < -0.3 is 4.57 Å². The average Bonchev–Trinajstić information content (AvgIpc) is 2.53. The van der Waals surface area contributed by atoms with Crippen molar-refractivity contribution < 1.29 is 0 Å². The smallest absolute Gasteiger partial charge is 0.0949 e. The molecule has 2 nitrogen and oxygen atoms in total. The molecule has 1 heterocycles. The highest BCUT2D eigenvalue weighted by Crippen LogP contribution is 2.01. The lowest BCUT2D eigenvalue weighted by atomic mass is 10.2. The van der Waals surface area contributed by atoms with Gasteiger partial charge in [0.1, 0.15) is 0 Å². The molecule has 68 valence electrons. The van der Waals surface area contributed by atoms with Crippen molar-refractivity contribution in [1.82, 2.24) is 9.55 Å². The minimum atomic E-state index is 1.04. The molecule has 0 amide bonds. The van der Waals surface area contributed by atoms with Gasteiger partial charge in [0.15, 0.2) is 0 Å². The van der Waals surface area contributed by atoms with Crippen LogP contribution in [0.15, 0.2) is 12.5 Å². The lowest BCUT2D eigenvalue weighted by Crippen LogP contribution is -1.93. The van der Waals surface area contributed by atoms with Crippen LogP contribution < -0.4 is 0 Å². The molecule has 0 aromatic carbocycles. The van der Waals surface area contributed by atoms with Crippen LogP contribution in [-0.2, 0) is 13.0 Å². The fraction of sp³-hybridized carbons (Fsp3) is 0.700. The summed E-state index contributed by atoms with van der Waals surface area (Å²) in [4.78, 5) is 4.28. The van der Waals surface area contributed by atoms with Gasteiger partial charge in [0.05, 0.1) is 12.0 Å². The fourth-order valence-electron chi connectivity index (χ4n) is 1.26. The molecule has 0 aliphatic rings. The average molecular weight is 166 g/mol. The zero-order chi connectivity index (χ0) is 8.81. The Balaban J connectivity index is 2.31. The Bertz CT molecular complexity index is 215. The van der Waals surface area contributed by atoms with Crippen molar-refractivity contribution in [3.63, 3.8) is 0 Å². The molecule has 1 aromatic heterocycles. The summed E-state index contributed by atoms with van der Waals surface area (Å²) in [6.07, 6.45) is 9.01. The molecule has 0 atom stereocenters. The second kappa shape index (κ2) is 4.96. The van der Waals surface area contributed by atoms with Crippen LogP contribution in [0.5, 0.6) is 0 Å². The number of rotatable bonds is 5. The predicted molar refractivity (Wildman–Crippen MR) is 51.1 cm³/mol. The monoisotopic (exact) mass is 166 g/mol. The van der Waals surface area contributed by atoms with E-state index in [1.54, 1.807) is 0 Å². The highest BCUT2D eigenvalue weighted by molar-refractivity contribution is 4.95. The highest BCUT2D eigenvalue weighted by atomic mass is 15.0. The second-order valence-electron chi connectivity index (χ2n) is 3.16. The second-order valence-corrected chi connectivity index (χ2v) is 3.16. The van der Waals surface area contributed by atoms with Gasteiger partial charge >= 0.3 is 0 Å². The number of aryl methyl sites for hydroxylation is 2. The zero-order valence-corrected chi connectivity index (χ0v) is 8.08. The van der Waals surface area contributed by atoms with E-state index in [4.69, 9.17) is 0 Å². The van der Waals surface area contributed by atoms with Crippen LogP contribution in [0.3, 0.4) is 0 Å². The van der Waals surface area contributed by atoms with Gasteiger partial charge in [-0.25, -0.2) is 4.98 Å². The number of imidazole rings is 1. The number of aromatic nitrogens is 2. The molecule has 0 aliphatic heterocycles. The predicted octanol–water partition coefficient (Wildman–Crippen LogP) is 2.64. The summed E-state index contributed by atoms with van der Waals surface area (Å²) in [5.41, 5.74) is 1.20. The van der Waals surface area contributed by atoms with Crippen LogP contribution in [0.2, 0.25) is 0 Å². The molecular formula is C10H18N2. The lowest BCUT2D eigenvalue weighted by molar-refractivity contribution is 0.601. The summed E-state index contributed by atoms with van der Waals surface area (Å²) in [5.74, 6) is 0. The van der Waals surface area contributed by atoms with Gasteiger partial charge in [-0.15, -0.1) is 0 Å². The molecule has 0 radical (unpaired) electrons. The molecule has 0 spiro atoms. The molecule has 0 saturated carbocycles. The first-order valence-corrected chi connectivity index (χ1v) is 4.87. The topological polar surface area (TPSA) is 17.8 Å². The summed E-state index contributed by atoms with van der Waals surface area (Å²) < 4.78 is 2.19. The van der Waals surface area contributed by atoms with Crippen molar-refractivity contribution in [1.29, 1.82) is 0 Å². The molecule has 0 unspecified atom stereocenters. The Hall–Kier alpha value is -0.790. The van der Waals surface area contributed by atoms with E-state index in [1.807, 2.05) is 6.33 Å². The molecule has 0 fully saturated rings. The van der Waals surface area contributed by atoms with E-state index >= 15 is 0 Å². The van der Waals surface area contributed by atoms with E-state index in [0.29, 0.717) is 0 Å². The maximum atomic E-state index is 4.28. The Morgan fingerprint density at radius 3 is 2.75 bits per heavy atom. The third kappa shape index (κ3) is 2.68. The molecule has 0 N–H and O–H groups in total. The van der Waals surface area contributed by atoms with Crippen molar-refractivity contribution in [2.75, 3.05) is 0 Å². The van der Waals surface area contributed by atoms with Gasteiger partial charge in [0.25, 0.3) is 0 Å². The van der Waals surface area contributed by atoms with Crippen molar-refractivity contribution in [2.24, 2.45) is 0 Å². The van der Waals surface area contributed by atoms with Crippen molar-refractivity contribution in [3.8, 4) is 0 Å². The van der Waals surface area contributed by atoms with Gasteiger partial charge in [-0.2, -0.15) is 0 Å². The molecule has 12 heavy (non-hydrogen) atoms. The lowest BCUT2D eigenvalue weighted by Gasteiger charge is -1.99. The minimum absolute atomic E-state index is 1.04. The molecule has 0 saturated heterocycles. The highest BCUT2D eigenvalue weighted by Gasteiger charge is 1.94. The van der Waals surface area contributed by atoms with E-state index in [0.717, 1.165) is 13.0 Å². The van der Waals surface area contributed by atoms with E-state index < -0.39 is 0 Å². The van der Waals surface area contributed by atoms with Gasteiger partial charge in [-0.3, -0.25) is 0 Å². The molecule has 0 aliphatic carbocycles. The van der Waals surface area contributed by atoms with Gasteiger partial charge in [-0.05, 0) is 12.8 Å². The molecule has 1 rings (SSSR count). The van der Waals surface area contributed by atoms with Crippen LogP contribution in [0, 0.1) is 0 Å². The van der Waals surface area contributed by atoms with E-state index in [-0.39, 0.29) is 0 Å². The Labute approximate surface area is 74.6 Å². The van der Waals surface area contributed by atoms with Crippen LogP contribution in [0.4, 0.5) is 0 Å². The van der Waals surface area contributed by atoms with E-state index in [2.05, 4.69) is 29.6 Å². The van der Waals surface area contributed by atoms with Gasteiger partial charge in [0, 0.05) is 12.7 Å². The van der Waals surface area contributed by atoms with E-state index in [1.165, 1.54) is 25.0 Å². The van der Waals surface area contributed by atoms with Crippen molar-refractivity contribution >= 4 is 0 Å². The maximum Gasteiger partial charge on any atom is 0.0949 e.